The van der Waals surface area contributed by atoms with E-state index in [-0.39, 0.29) is 19.3 Å². The Morgan fingerprint density at radius 3 is 2.70 bits per heavy atom. The van der Waals surface area contributed by atoms with Crippen LogP contribution in [-0.2, 0) is 22.6 Å². The Morgan fingerprint density at radius 1 is 1.30 bits per heavy atom. The lowest BCUT2D eigenvalue weighted by molar-refractivity contribution is -0.137. The second kappa shape index (κ2) is 8.31. The first kappa shape index (κ1) is 16.2. The Balaban J connectivity index is 2.26. The first-order valence-electron chi connectivity index (χ1n) is 6.37. The minimum absolute atomic E-state index is 0.0267. The molecule has 0 saturated heterocycles. The molecule has 1 rings (SSSR count). The molecule has 0 aliphatic rings. The van der Waals surface area contributed by atoms with E-state index >= 15 is 0 Å². The lowest BCUT2D eigenvalue weighted by atomic mass is 10.2. The second-order valence-corrected chi connectivity index (χ2v) is 5.20. The average molecular weight is 298 g/mol. The smallest absolute Gasteiger partial charge is 0.321 e. The Hall–Kier alpha value is -1.89. The van der Waals surface area contributed by atoms with Gasteiger partial charge in [0.05, 0.1) is 6.54 Å². The number of hydrogen-bond acceptors (Lipinski definition) is 4. The zero-order valence-electron chi connectivity index (χ0n) is 11.3. The molecule has 0 unspecified atom stereocenters. The van der Waals surface area contributed by atoms with Gasteiger partial charge in [-0.2, -0.15) is 0 Å². The van der Waals surface area contributed by atoms with Crippen molar-refractivity contribution in [1.82, 2.24) is 10.6 Å². The van der Waals surface area contributed by atoms with Gasteiger partial charge in [-0.15, -0.1) is 11.3 Å². The van der Waals surface area contributed by atoms with Gasteiger partial charge in [-0.05, 0) is 29.9 Å². The van der Waals surface area contributed by atoms with Crippen molar-refractivity contribution in [3.8, 4) is 0 Å². The molecule has 20 heavy (non-hydrogen) atoms. The number of nitrogens with one attached hydrogen (secondary N) is 2. The number of carbonyl (C=O) groups is 3. The van der Waals surface area contributed by atoms with Crippen LogP contribution < -0.4 is 10.6 Å². The van der Waals surface area contributed by atoms with Crippen molar-refractivity contribution in [3.05, 3.63) is 21.9 Å². The second-order valence-electron chi connectivity index (χ2n) is 4.20. The maximum absolute atomic E-state index is 11.5. The van der Waals surface area contributed by atoms with Gasteiger partial charge in [0, 0.05) is 17.7 Å². The molecule has 0 radical (unpaired) electrons. The van der Waals surface area contributed by atoms with Crippen LogP contribution in [0.15, 0.2) is 11.4 Å². The van der Waals surface area contributed by atoms with Crippen molar-refractivity contribution in [2.24, 2.45) is 0 Å². The van der Waals surface area contributed by atoms with E-state index in [2.05, 4.69) is 10.6 Å². The van der Waals surface area contributed by atoms with E-state index in [0.717, 1.165) is 11.3 Å². The van der Waals surface area contributed by atoms with E-state index in [1.165, 1.54) is 5.56 Å². The SMILES string of the molecule is CCc1ccsc1CNC(=O)NC(=O)CCCC(=O)O. The molecule has 6 nitrogen and oxygen atoms in total. The third-order valence-corrected chi connectivity index (χ3v) is 3.64. The number of aryl methyl sites for hydroxylation is 1. The summed E-state index contributed by atoms with van der Waals surface area (Å²) in [4.78, 5) is 34.2. The summed E-state index contributed by atoms with van der Waals surface area (Å²) < 4.78 is 0. The van der Waals surface area contributed by atoms with Gasteiger partial charge >= 0.3 is 12.0 Å². The largest absolute Gasteiger partial charge is 0.481 e. The van der Waals surface area contributed by atoms with E-state index in [1.807, 2.05) is 18.4 Å². The number of hydrogen-bond donors (Lipinski definition) is 3. The van der Waals surface area contributed by atoms with Gasteiger partial charge in [0.15, 0.2) is 0 Å². The molecule has 0 aromatic carbocycles. The van der Waals surface area contributed by atoms with Gasteiger partial charge in [-0.25, -0.2) is 4.79 Å². The molecule has 1 aromatic heterocycles. The van der Waals surface area contributed by atoms with Crippen LogP contribution in [0.2, 0.25) is 0 Å². The first-order chi connectivity index (χ1) is 9.52. The van der Waals surface area contributed by atoms with Crippen molar-refractivity contribution < 1.29 is 19.5 Å². The Bertz CT molecular complexity index is 484. The Labute approximate surface area is 121 Å². The minimum atomic E-state index is -0.952. The molecule has 0 spiro atoms. The van der Waals surface area contributed by atoms with Crippen LogP contribution in [0.25, 0.3) is 0 Å². The van der Waals surface area contributed by atoms with Crippen molar-refractivity contribution in [2.75, 3.05) is 0 Å². The predicted octanol–water partition coefficient (Wildman–Crippen LogP) is 1.89. The Morgan fingerprint density at radius 2 is 2.05 bits per heavy atom. The van der Waals surface area contributed by atoms with Gasteiger partial charge in [0.25, 0.3) is 0 Å². The molecule has 0 aliphatic heterocycles. The fraction of sp³-hybridized carbons (Fsp3) is 0.462. The quantitative estimate of drug-likeness (QED) is 0.716. The highest BCUT2D eigenvalue weighted by Crippen LogP contribution is 2.16. The molecule has 3 amide bonds. The molecule has 1 aromatic rings. The number of amides is 3. The topological polar surface area (TPSA) is 95.5 Å². The van der Waals surface area contributed by atoms with Crippen LogP contribution in [0, 0.1) is 0 Å². The lowest BCUT2D eigenvalue weighted by Crippen LogP contribution is -2.39. The van der Waals surface area contributed by atoms with Crippen LogP contribution in [0.1, 0.15) is 36.6 Å². The zero-order chi connectivity index (χ0) is 15.0. The number of carboxylic acid groups (broad SMARTS) is 1. The first-order valence-corrected chi connectivity index (χ1v) is 7.25. The van der Waals surface area contributed by atoms with Crippen LogP contribution in [0.3, 0.4) is 0 Å². The van der Waals surface area contributed by atoms with Crippen molar-refractivity contribution >= 4 is 29.2 Å². The van der Waals surface area contributed by atoms with E-state index in [1.54, 1.807) is 11.3 Å². The molecule has 1 heterocycles. The Kier molecular flexibility index (Phi) is 6.72. The number of rotatable bonds is 7. The monoisotopic (exact) mass is 298 g/mol. The zero-order valence-corrected chi connectivity index (χ0v) is 12.1. The van der Waals surface area contributed by atoms with Gasteiger partial charge < -0.3 is 10.4 Å². The van der Waals surface area contributed by atoms with Gasteiger partial charge in [-0.1, -0.05) is 6.92 Å². The number of aliphatic carboxylic acids is 1. The van der Waals surface area contributed by atoms with E-state index in [9.17, 15) is 14.4 Å². The maximum Gasteiger partial charge on any atom is 0.321 e. The predicted molar refractivity (Wildman–Crippen MR) is 75.6 cm³/mol. The number of carboxylic acids is 1. The van der Waals surface area contributed by atoms with Crippen molar-refractivity contribution in [1.29, 1.82) is 0 Å². The molecular formula is C13H18N2O4S. The molecule has 0 fully saturated rings. The summed E-state index contributed by atoms with van der Waals surface area (Å²) in [5.41, 5.74) is 1.18. The summed E-state index contributed by atoms with van der Waals surface area (Å²) >= 11 is 1.56. The third kappa shape index (κ3) is 5.83. The van der Waals surface area contributed by atoms with Crippen LogP contribution >= 0.6 is 11.3 Å². The molecule has 0 atom stereocenters. The van der Waals surface area contributed by atoms with Crippen LogP contribution in [0.4, 0.5) is 4.79 Å². The lowest BCUT2D eigenvalue weighted by Gasteiger charge is -2.06. The summed E-state index contributed by atoms with van der Waals surface area (Å²) in [5.74, 6) is -1.42. The number of thiophene rings is 1. The van der Waals surface area contributed by atoms with Crippen LogP contribution in [0.5, 0.6) is 0 Å². The molecular weight excluding hydrogens is 280 g/mol. The molecule has 0 aliphatic carbocycles. The molecule has 0 saturated carbocycles. The summed E-state index contributed by atoms with van der Waals surface area (Å²) in [6.45, 7) is 2.42. The highest BCUT2D eigenvalue weighted by atomic mass is 32.1. The summed E-state index contributed by atoms with van der Waals surface area (Å²) in [6.07, 6.45) is 1.07. The highest BCUT2D eigenvalue weighted by Gasteiger charge is 2.09. The van der Waals surface area contributed by atoms with Crippen molar-refractivity contribution in [3.63, 3.8) is 0 Å². The number of urea groups is 1. The summed E-state index contributed by atoms with van der Waals surface area (Å²) in [7, 11) is 0. The van der Waals surface area contributed by atoms with Gasteiger partial charge in [0.2, 0.25) is 5.91 Å². The highest BCUT2D eigenvalue weighted by molar-refractivity contribution is 7.10. The standard InChI is InChI=1S/C13H18N2O4S/c1-2-9-6-7-20-10(9)8-14-13(19)15-11(16)4-3-5-12(17)18/h6-7H,2-5,8H2,1H3,(H,17,18)(H2,14,15,16,19). The van der Waals surface area contributed by atoms with Crippen molar-refractivity contribution in [2.45, 2.75) is 39.2 Å². The maximum atomic E-state index is 11.5. The van der Waals surface area contributed by atoms with Crippen LogP contribution in [-0.4, -0.2) is 23.0 Å². The fourth-order valence-corrected chi connectivity index (χ4v) is 2.55. The van der Waals surface area contributed by atoms with E-state index < -0.39 is 17.9 Å². The summed E-state index contributed by atoms with van der Waals surface area (Å²) in [6, 6.07) is 1.46. The minimum Gasteiger partial charge on any atom is -0.481 e. The third-order valence-electron chi connectivity index (χ3n) is 2.68. The fourth-order valence-electron chi connectivity index (χ4n) is 1.63. The normalized spacial score (nSPS) is 10.1. The number of carbonyl (C=O) groups excluding carboxylic acids is 2. The van der Waals surface area contributed by atoms with E-state index in [0.29, 0.717) is 6.54 Å². The van der Waals surface area contributed by atoms with Gasteiger partial charge in [-0.3, -0.25) is 14.9 Å². The van der Waals surface area contributed by atoms with E-state index in [4.69, 9.17) is 5.11 Å². The molecule has 7 heteroatoms. The molecule has 0 bridgehead atoms. The molecule has 110 valence electrons. The average Bonchev–Trinajstić information content (AvgIpc) is 2.83. The summed E-state index contributed by atoms with van der Waals surface area (Å²) in [5, 5.41) is 15.2. The van der Waals surface area contributed by atoms with Gasteiger partial charge in [0.1, 0.15) is 0 Å². The number of imide groups is 1. The molecule has 3 N–H and O–H groups in total.